The summed E-state index contributed by atoms with van der Waals surface area (Å²) >= 11 is 0. The maximum absolute atomic E-state index is 12.4. The van der Waals surface area contributed by atoms with Gasteiger partial charge in [-0.25, -0.2) is 0 Å². The van der Waals surface area contributed by atoms with Crippen LogP contribution in [-0.2, 0) is 11.2 Å². The van der Waals surface area contributed by atoms with Crippen molar-refractivity contribution in [1.29, 1.82) is 0 Å². The highest BCUT2D eigenvalue weighted by Crippen LogP contribution is 2.31. The number of aromatic nitrogens is 1. The van der Waals surface area contributed by atoms with Crippen LogP contribution in [0.3, 0.4) is 0 Å². The summed E-state index contributed by atoms with van der Waals surface area (Å²) in [7, 11) is 0. The number of aryl methyl sites for hydroxylation is 1. The van der Waals surface area contributed by atoms with E-state index in [4.69, 9.17) is 0 Å². The first-order valence-corrected chi connectivity index (χ1v) is 6.44. The SMILES string of the molecule is CCc1cccnc1C(=O)N1CCC(C)(C(=O)O)C1. The molecule has 0 saturated carbocycles. The molecule has 5 heteroatoms. The van der Waals surface area contributed by atoms with Crippen LogP contribution in [0.4, 0.5) is 0 Å². The van der Waals surface area contributed by atoms with E-state index in [1.54, 1.807) is 24.1 Å². The number of amides is 1. The number of hydrogen-bond donors (Lipinski definition) is 1. The lowest BCUT2D eigenvalue weighted by molar-refractivity contribution is -0.147. The first kappa shape index (κ1) is 13.5. The Morgan fingerprint density at radius 2 is 2.26 bits per heavy atom. The molecule has 0 aromatic carbocycles. The van der Waals surface area contributed by atoms with E-state index in [1.807, 2.05) is 13.0 Å². The van der Waals surface area contributed by atoms with Crippen molar-refractivity contribution in [2.75, 3.05) is 13.1 Å². The van der Waals surface area contributed by atoms with Crippen LogP contribution in [0.2, 0.25) is 0 Å². The minimum absolute atomic E-state index is 0.164. The van der Waals surface area contributed by atoms with Crippen molar-refractivity contribution in [3.05, 3.63) is 29.6 Å². The Hall–Kier alpha value is -1.91. The van der Waals surface area contributed by atoms with E-state index in [0.717, 1.165) is 12.0 Å². The number of hydrogen-bond acceptors (Lipinski definition) is 3. The molecular weight excluding hydrogens is 244 g/mol. The smallest absolute Gasteiger partial charge is 0.311 e. The number of pyridine rings is 1. The van der Waals surface area contributed by atoms with Gasteiger partial charge in [-0.15, -0.1) is 0 Å². The molecule has 1 aromatic rings. The average molecular weight is 262 g/mol. The molecule has 5 nitrogen and oxygen atoms in total. The third-order valence-electron chi connectivity index (χ3n) is 3.75. The van der Waals surface area contributed by atoms with Gasteiger partial charge in [-0.05, 0) is 31.4 Å². The fourth-order valence-electron chi connectivity index (χ4n) is 2.38. The fourth-order valence-corrected chi connectivity index (χ4v) is 2.38. The molecule has 1 aliphatic rings. The van der Waals surface area contributed by atoms with Crippen molar-refractivity contribution >= 4 is 11.9 Å². The van der Waals surface area contributed by atoms with Gasteiger partial charge >= 0.3 is 5.97 Å². The van der Waals surface area contributed by atoms with Crippen molar-refractivity contribution in [1.82, 2.24) is 9.88 Å². The highest BCUT2D eigenvalue weighted by atomic mass is 16.4. The molecule has 1 aliphatic heterocycles. The number of aliphatic carboxylic acids is 1. The summed E-state index contributed by atoms with van der Waals surface area (Å²) in [5.74, 6) is -1.01. The average Bonchev–Trinajstić information content (AvgIpc) is 2.82. The first-order valence-electron chi connectivity index (χ1n) is 6.44. The van der Waals surface area contributed by atoms with E-state index in [2.05, 4.69) is 4.98 Å². The zero-order valence-electron chi connectivity index (χ0n) is 11.2. The number of carboxylic acid groups (broad SMARTS) is 1. The summed E-state index contributed by atoms with van der Waals surface area (Å²) < 4.78 is 0. The second kappa shape index (κ2) is 4.99. The third-order valence-corrected chi connectivity index (χ3v) is 3.75. The molecule has 1 amide bonds. The van der Waals surface area contributed by atoms with Crippen LogP contribution < -0.4 is 0 Å². The minimum Gasteiger partial charge on any atom is -0.481 e. The Bertz CT molecular complexity index is 515. The summed E-state index contributed by atoms with van der Waals surface area (Å²) in [5.41, 5.74) is 0.507. The van der Waals surface area contributed by atoms with Crippen LogP contribution in [0.5, 0.6) is 0 Å². The van der Waals surface area contributed by atoms with E-state index < -0.39 is 11.4 Å². The van der Waals surface area contributed by atoms with Crippen molar-refractivity contribution in [2.24, 2.45) is 5.41 Å². The Labute approximate surface area is 112 Å². The maximum atomic E-state index is 12.4. The normalized spacial score (nSPS) is 22.5. The lowest BCUT2D eigenvalue weighted by Gasteiger charge is -2.20. The lowest BCUT2D eigenvalue weighted by Crippen LogP contribution is -2.35. The minimum atomic E-state index is -0.848. The van der Waals surface area contributed by atoms with Crippen molar-refractivity contribution in [3.8, 4) is 0 Å². The summed E-state index contributed by atoms with van der Waals surface area (Å²) in [5, 5.41) is 9.19. The summed E-state index contributed by atoms with van der Waals surface area (Å²) in [4.78, 5) is 29.3. The van der Waals surface area contributed by atoms with E-state index in [-0.39, 0.29) is 12.5 Å². The second-order valence-corrected chi connectivity index (χ2v) is 5.21. The zero-order chi connectivity index (χ0) is 14.0. The Balaban J connectivity index is 2.20. The summed E-state index contributed by atoms with van der Waals surface area (Å²) in [6.45, 7) is 4.38. The van der Waals surface area contributed by atoms with Crippen LogP contribution in [0.25, 0.3) is 0 Å². The van der Waals surface area contributed by atoms with Gasteiger partial charge in [0.1, 0.15) is 5.69 Å². The third kappa shape index (κ3) is 2.45. The standard InChI is InChI=1S/C14H18N2O3/c1-3-10-5-4-7-15-11(10)12(17)16-8-6-14(2,9-16)13(18)19/h4-5,7H,3,6,8-9H2,1-2H3,(H,18,19). The Morgan fingerprint density at radius 3 is 2.84 bits per heavy atom. The van der Waals surface area contributed by atoms with Gasteiger partial charge in [0.2, 0.25) is 0 Å². The van der Waals surface area contributed by atoms with Crippen LogP contribution in [0, 0.1) is 5.41 Å². The Kier molecular flexibility index (Phi) is 3.55. The predicted octanol–water partition coefficient (Wildman–Crippen LogP) is 1.58. The molecule has 2 rings (SSSR count). The number of carbonyl (C=O) groups is 2. The molecule has 0 radical (unpaired) electrons. The molecule has 1 atom stereocenters. The van der Waals surface area contributed by atoms with Gasteiger partial charge < -0.3 is 10.0 Å². The summed E-state index contributed by atoms with van der Waals surface area (Å²) in [6.07, 6.45) is 2.82. The highest BCUT2D eigenvalue weighted by Gasteiger charge is 2.42. The monoisotopic (exact) mass is 262 g/mol. The molecule has 1 saturated heterocycles. The number of carbonyl (C=O) groups excluding carboxylic acids is 1. The molecular formula is C14H18N2O3. The lowest BCUT2D eigenvalue weighted by atomic mass is 9.90. The molecule has 1 unspecified atom stereocenters. The van der Waals surface area contributed by atoms with Gasteiger partial charge in [-0.1, -0.05) is 13.0 Å². The van der Waals surface area contributed by atoms with Crippen molar-refractivity contribution < 1.29 is 14.7 Å². The highest BCUT2D eigenvalue weighted by molar-refractivity contribution is 5.94. The quantitative estimate of drug-likeness (QED) is 0.897. The number of likely N-dealkylation sites (tertiary alicyclic amines) is 1. The largest absolute Gasteiger partial charge is 0.481 e. The molecule has 19 heavy (non-hydrogen) atoms. The molecule has 0 spiro atoms. The molecule has 1 N–H and O–H groups in total. The molecule has 1 fully saturated rings. The van der Waals surface area contributed by atoms with Crippen LogP contribution in [0.15, 0.2) is 18.3 Å². The van der Waals surface area contributed by atoms with E-state index in [1.165, 1.54) is 0 Å². The first-order chi connectivity index (χ1) is 8.98. The zero-order valence-corrected chi connectivity index (χ0v) is 11.2. The fraction of sp³-hybridized carbons (Fsp3) is 0.500. The predicted molar refractivity (Wildman–Crippen MR) is 69.9 cm³/mol. The van der Waals surface area contributed by atoms with Gasteiger partial charge in [0.25, 0.3) is 5.91 Å². The van der Waals surface area contributed by atoms with Crippen LogP contribution in [-0.4, -0.2) is 40.0 Å². The second-order valence-electron chi connectivity index (χ2n) is 5.21. The van der Waals surface area contributed by atoms with Gasteiger partial charge in [0.15, 0.2) is 0 Å². The number of carboxylic acids is 1. The van der Waals surface area contributed by atoms with Crippen LogP contribution >= 0.6 is 0 Å². The van der Waals surface area contributed by atoms with Gasteiger partial charge in [0.05, 0.1) is 5.41 Å². The summed E-state index contributed by atoms with van der Waals surface area (Å²) in [6, 6.07) is 3.69. The molecule has 0 bridgehead atoms. The number of nitrogens with zero attached hydrogens (tertiary/aromatic N) is 2. The van der Waals surface area contributed by atoms with Crippen molar-refractivity contribution in [2.45, 2.75) is 26.7 Å². The van der Waals surface area contributed by atoms with E-state index in [9.17, 15) is 14.7 Å². The maximum Gasteiger partial charge on any atom is 0.311 e. The topological polar surface area (TPSA) is 70.5 Å². The van der Waals surface area contributed by atoms with E-state index in [0.29, 0.717) is 18.7 Å². The molecule has 102 valence electrons. The van der Waals surface area contributed by atoms with Gasteiger partial charge in [0, 0.05) is 19.3 Å². The van der Waals surface area contributed by atoms with Gasteiger partial charge in [-0.3, -0.25) is 14.6 Å². The van der Waals surface area contributed by atoms with Crippen LogP contribution in [0.1, 0.15) is 36.3 Å². The molecule has 0 aliphatic carbocycles. The number of rotatable bonds is 3. The van der Waals surface area contributed by atoms with Crippen molar-refractivity contribution in [3.63, 3.8) is 0 Å². The van der Waals surface area contributed by atoms with E-state index >= 15 is 0 Å². The molecule has 1 aromatic heterocycles. The molecule has 2 heterocycles. The Morgan fingerprint density at radius 1 is 1.53 bits per heavy atom. The van der Waals surface area contributed by atoms with Gasteiger partial charge in [-0.2, -0.15) is 0 Å².